The van der Waals surface area contributed by atoms with E-state index in [0.29, 0.717) is 17.7 Å². The number of phenolic OH excluding ortho intramolecular Hbond substituents is 1. The molecule has 4 aliphatic rings. The van der Waals surface area contributed by atoms with Crippen LogP contribution in [-0.4, -0.2) is 17.7 Å². The van der Waals surface area contributed by atoms with Crippen LogP contribution in [0.4, 0.5) is 5.69 Å². The quantitative estimate of drug-likeness (QED) is 0.404. The van der Waals surface area contributed by atoms with Crippen molar-refractivity contribution in [1.29, 1.82) is 0 Å². The molecule has 31 heavy (non-hydrogen) atoms. The largest absolute Gasteiger partial charge is 0.508 e. The third-order valence-corrected chi connectivity index (χ3v) is 8.96. The lowest BCUT2D eigenvalue weighted by atomic mass is 9.52. The monoisotopic (exact) mass is 407 g/mol. The van der Waals surface area contributed by atoms with Gasteiger partial charge in [-0.1, -0.05) is 55.3 Å². The van der Waals surface area contributed by atoms with Gasteiger partial charge in [-0.2, -0.15) is 0 Å². The number of fused-ring (bicyclic) bond motifs is 4. The highest BCUT2D eigenvalue weighted by atomic mass is 16.3. The Balaban J connectivity index is 1.35. The predicted octanol–water partition coefficient (Wildman–Crippen LogP) is 6.23. The van der Waals surface area contributed by atoms with Crippen LogP contribution >= 0.6 is 0 Å². The Morgan fingerprint density at radius 3 is 2.74 bits per heavy atom. The fourth-order valence-corrected chi connectivity index (χ4v) is 7.70. The zero-order valence-electron chi connectivity index (χ0n) is 18.0. The van der Waals surface area contributed by atoms with E-state index in [1.807, 2.05) is 6.07 Å². The van der Waals surface area contributed by atoms with E-state index in [9.17, 15) is 5.11 Å². The van der Waals surface area contributed by atoms with Gasteiger partial charge in [0.1, 0.15) is 5.75 Å². The molecule has 2 fully saturated rings. The van der Waals surface area contributed by atoms with Crippen molar-refractivity contribution in [1.82, 2.24) is 0 Å². The van der Waals surface area contributed by atoms with E-state index in [4.69, 9.17) is 0 Å². The van der Waals surface area contributed by atoms with E-state index in [1.165, 1.54) is 71.2 Å². The number of anilines is 1. The minimum atomic E-state index is 0.270. The van der Waals surface area contributed by atoms with E-state index >= 15 is 0 Å². The molecule has 1 saturated heterocycles. The van der Waals surface area contributed by atoms with E-state index in [2.05, 4.69) is 59.5 Å². The number of benzene rings is 3. The Kier molecular flexibility index (Phi) is 3.69. The first-order valence-electron chi connectivity index (χ1n) is 12.0. The van der Waals surface area contributed by atoms with Crippen molar-refractivity contribution < 1.29 is 5.11 Å². The molecular formula is C29H29NO. The van der Waals surface area contributed by atoms with Crippen molar-refractivity contribution >= 4 is 5.69 Å². The number of nitrogens with zero attached hydrogens (tertiary/aromatic N) is 1. The van der Waals surface area contributed by atoms with Crippen LogP contribution in [0.5, 0.6) is 5.75 Å². The number of hydrogen-bond acceptors (Lipinski definition) is 2. The molecule has 156 valence electrons. The van der Waals surface area contributed by atoms with Crippen molar-refractivity contribution in [3.8, 4) is 16.9 Å². The van der Waals surface area contributed by atoms with Gasteiger partial charge in [-0.05, 0) is 83.2 Å². The highest BCUT2D eigenvalue weighted by Crippen LogP contribution is 2.57. The zero-order chi connectivity index (χ0) is 20.6. The number of hydrogen-bond donors (Lipinski definition) is 1. The highest BCUT2D eigenvalue weighted by Gasteiger charge is 2.54. The summed E-state index contributed by atoms with van der Waals surface area (Å²) in [6.45, 7) is 1.13. The summed E-state index contributed by atoms with van der Waals surface area (Å²) in [5.41, 5.74) is 10.6. The van der Waals surface area contributed by atoms with Gasteiger partial charge >= 0.3 is 0 Å². The normalized spacial score (nSPS) is 27.8. The lowest BCUT2D eigenvalue weighted by Crippen LogP contribution is -2.61. The molecule has 0 radical (unpaired) electrons. The lowest BCUT2D eigenvalue weighted by Gasteiger charge is -2.59. The Morgan fingerprint density at radius 1 is 0.871 bits per heavy atom. The third kappa shape index (κ3) is 2.39. The summed E-state index contributed by atoms with van der Waals surface area (Å²) in [4.78, 5) is 2.79. The Hall–Kier alpha value is -2.74. The Labute approximate surface area is 184 Å². The van der Waals surface area contributed by atoms with Crippen molar-refractivity contribution in [3.63, 3.8) is 0 Å². The molecule has 3 aliphatic carbocycles. The number of phenols is 1. The molecule has 3 atom stereocenters. The van der Waals surface area contributed by atoms with E-state index < -0.39 is 0 Å². The van der Waals surface area contributed by atoms with Crippen LogP contribution in [0.25, 0.3) is 11.1 Å². The molecular weight excluding hydrogens is 378 g/mol. The van der Waals surface area contributed by atoms with Crippen molar-refractivity contribution in [3.05, 3.63) is 82.9 Å². The molecule has 0 amide bonds. The van der Waals surface area contributed by atoms with E-state index in [-0.39, 0.29) is 5.41 Å². The first kappa shape index (κ1) is 17.9. The summed E-state index contributed by atoms with van der Waals surface area (Å²) >= 11 is 0. The number of piperidine rings is 1. The molecule has 0 unspecified atom stereocenters. The summed E-state index contributed by atoms with van der Waals surface area (Å²) in [6.07, 6.45) is 8.67. The summed E-state index contributed by atoms with van der Waals surface area (Å²) in [5, 5.41) is 10.3. The molecule has 2 heteroatoms. The second-order valence-electron chi connectivity index (χ2n) is 10.2. The van der Waals surface area contributed by atoms with E-state index in [1.54, 1.807) is 0 Å². The molecule has 7 rings (SSSR count). The van der Waals surface area contributed by atoms with Crippen molar-refractivity contribution in [2.75, 3.05) is 11.4 Å². The number of aromatic hydroxyl groups is 1. The van der Waals surface area contributed by atoms with Gasteiger partial charge in [-0.15, -0.1) is 0 Å². The highest BCUT2D eigenvalue weighted by molar-refractivity contribution is 5.82. The van der Waals surface area contributed by atoms with Gasteiger partial charge in [-0.3, -0.25) is 0 Å². The molecule has 3 aromatic rings. The molecule has 2 nitrogen and oxygen atoms in total. The van der Waals surface area contributed by atoms with Crippen molar-refractivity contribution in [2.24, 2.45) is 5.92 Å². The van der Waals surface area contributed by atoms with Crippen LogP contribution in [0, 0.1) is 5.92 Å². The van der Waals surface area contributed by atoms with Crippen LogP contribution in [-0.2, 0) is 18.3 Å². The molecule has 3 aromatic carbocycles. The smallest absolute Gasteiger partial charge is 0.115 e. The maximum absolute atomic E-state index is 10.3. The summed E-state index contributed by atoms with van der Waals surface area (Å²) in [6, 6.07) is 22.7. The molecule has 1 aliphatic heterocycles. The first-order chi connectivity index (χ1) is 15.2. The van der Waals surface area contributed by atoms with Crippen molar-refractivity contribution in [2.45, 2.75) is 56.4 Å². The number of rotatable bonds is 1. The maximum atomic E-state index is 10.3. The molecule has 0 aromatic heterocycles. The molecule has 0 spiro atoms. The molecule has 1 saturated carbocycles. The second-order valence-corrected chi connectivity index (χ2v) is 10.2. The van der Waals surface area contributed by atoms with Gasteiger partial charge in [0.2, 0.25) is 0 Å². The first-order valence-corrected chi connectivity index (χ1v) is 12.0. The van der Waals surface area contributed by atoms with E-state index in [0.717, 1.165) is 19.4 Å². The topological polar surface area (TPSA) is 23.5 Å². The van der Waals surface area contributed by atoms with Gasteiger partial charge in [0, 0.05) is 30.1 Å². The van der Waals surface area contributed by atoms with Gasteiger partial charge < -0.3 is 10.0 Å². The maximum Gasteiger partial charge on any atom is 0.115 e. The fourth-order valence-electron chi connectivity index (χ4n) is 7.70. The van der Waals surface area contributed by atoms with Gasteiger partial charge in [0.05, 0.1) is 0 Å². The summed E-state index contributed by atoms with van der Waals surface area (Å²) in [7, 11) is 0. The fraction of sp³-hybridized carbons (Fsp3) is 0.379. The minimum absolute atomic E-state index is 0.270. The lowest BCUT2D eigenvalue weighted by molar-refractivity contribution is 0.0982. The van der Waals surface area contributed by atoms with Gasteiger partial charge in [-0.25, -0.2) is 0 Å². The van der Waals surface area contributed by atoms with Crippen LogP contribution in [0.1, 0.15) is 54.4 Å². The van der Waals surface area contributed by atoms with Crippen LogP contribution in [0.15, 0.2) is 60.7 Å². The van der Waals surface area contributed by atoms with Gasteiger partial charge in [0.25, 0.3) is 0 Å². The standard InChI is InChI=1S/C29H29NO/c31-21-12-11-20-17-28-25-9-3-4-13-29(25,26(20)18-21)14-15-30(28)27-10-5-8-23-22-7-2-1-6-19(22)16-24(23)27/h1-2,5-8,10-12,18,25,28,31H,3-4,9,13-17H2/t25-,28+,29+/m0/s1. The Bertz CT molecular complexity index is 1200. The molecule has 1 N–H and O–H groups in total. The van der Waals surface area contributed by atoms with Crippen LogP contribution in [0.3, 0.4) is 0 Å². The average Bonchev–Trinajstić information content (AvgIpc) is 3.19. The molecule has 1 heterocycles. The second kappa shape index (κ2) is 6.38. The molecule has 2 bridgehead atoms. The van der Waals surface area contributed by atoms with Crippen LogP contribution in [0.2, 0.25) is 0 Å². The summed E-state index contributed by atoms with van der Waals surface area (Å²) < 4.78 is 0. The minimum Gasteiger partial charge on any atom is -0.508 e. The zero-order valence-corrected chi connectivity index (χ0v) is 18.0. The van der Waals surface area contributed by atoms with Gasteiger partial charge in [0.15, 0.2) is 0 Å². The Morgan fingerprint density at radius 2 is 1.77 bits per heavy atom. The third-order valence-electron chi connectivity index (χ3n) is 8.96. The SMILES string of the molecule is Oc1ccc2c(c1)[C@@]13CCCC[C@H]1[C@@H](C2)N(c1cccc2c1Cc1ccccc1-2)CC3. The summed E-state index contributed by atoms with van der Waals surface area (Å²) in [5.74, 6) is 1.14. The average molecular weight is 408 g/mol. The predicted molar refractivity (Wildman–Crippen MR) is 126 cm³/mol. The van der Waals surface area contributed by atoms with Crippen LogP contribution < -0.4 is 4.90 Å².